The van der Waals surface area contributed by atoms with Gasteiger partial charge in [-0.05, 0) is 76.4 Å². The summed E-state index contributed by atoms with van der Waals surface area (Å²) in [5, 5.41) is 15.4. The van der Waals surface area contributed by atoms with Crippen molar-refractivity contribution in [1.29, 1.82) is 0 Å². The van der Waals surface area contributed by atoms with Gasteiger partial charge in [0.2, 0.25) is 11.8 Å². The highest BCUT2D eigenvalue weighted by molar-refractivity contribution is 5.92. The number of amides is 3. The average Bonchev–Trinajstić information content (AvgIpc) is 2.85. The molecule has 2 atom stereocenters. The molecule has 0 aliphatic heterocycles. The van der Waals surface area contributed by atoms with Crippen LogP contribution in [0, 0.1) is 12.3 Å². The molecule has 8 heteroatoms. The molecular weight excluding hydrogens is 494 g/mol. The first-order valence-corrected chi connectivity index (χ1v) is 13.3. The highest BCUT2D eigenvalue weighted by atomic mass is 16.6. The van der Waals surface area contributed by atoms with E-state index in [4.69, 9.17) is 11.2 Å². The van der Waals surface area contributed by atoms with Gasteiger partial charge >= 0.3 is 6.09 Å². The minimum Gasteiger partial charge on any atom is -0.508 e. The Morgan fingerprint density at radius 2 is 1.64 bits per heavy atom. The number of hydrogen-bond donors (Lipinski definition) is 3. The standard InChI is InChI=1S/C31H41N3O5/c1-8-10-19-34(27(28(36)32-21(3)4)24-15-11-22(9-2)12-16-24)29(37)26(33-30(38)39-31(5,6)7)20-23-13-17-25(35)18-14-23/h2,11-18,21,26-27,35H,8,10,19-20H2,1,3-7H3,(H,32,36)(H,33,38). The van der Waals surface area contributed by atoms with Gasteiger partial charge in [-0.15, -0.1) is 6.42 Å². The first-order valence-electron chi connectivity index (χ1n) is 13.3. The number of carbonyl (C=O) groups excluding carboxylic acids is 3. The van der Waals surface area contributed by atoms with E-state index >= 15 is 0 Å². The molecule has 0 aromatic heterocycles. The zero-order valence-electron chi connectivity index (χ0n) is 23.8. The van der Waals surface area contributed by atoms with Gasteiger partial charge in [0.05, 0.1) is 0 Å². The molecule has 2 unspecified atom stereocenters. The Hall–Kier alpha value is -3.99. The minimum absolute atomic E-state index is 0.0899. The van der Waals surface area contributed by atoms with E-state index in [0.717, 1.165) is 12.0 Å². The monoisotopic (exact) mass is 535 g/mol. The maximum Gasteiger partial charge on any atom is 0.408 e. The summed E-state index contributed by atoms with van der Waals surface area (Å²) in [7, 11) is 0. The molecule has 2 aromatic carbocycles. The second-order valence-corrected chi connectivity index (χ2v) is 10.8. The van der Waals surface area contributed by atoms with Gasteiger partial charge in [0.25, 0.3) is 0 Å². The van der Waals surface area contributed by atoms with Gasteiger partial charge in [-0.1, -0.05) is 43.5 Å². The predicted molar refractivity (Wildman–Crippen MR) is 152 cm³/mol. The van der Waals surface area contributed by atoms with Crippen LogP contribution < -0.4 is 10.6 Å². The summed E-state index contributed by atoms with van der Waals surface area (Å²) in [4.78, 5) is 42.1. The maximum absolute atomic E-state index is 14.2. The Bertz CT molecular complexity index is 1140. The molecule has 2 rings (SSSR count). The van der Waals surface area contributed by atoms with Gasteiger partial charge in [0.15, 0.2) is 0 Å². The number of aromatic hydroxyl groups is 1. The molecule has 2 aromatic rings. The van der Waals surface area contributed by atoms with Crippen LogP contribution in [0.4, 0.5) is 4.79 Å². The Kier molecular flexibility index (Phi) is 11.4. The number of unbranched alkanes of at least 4 members (excludes halogenated alkanes) is 1. The Labute approximate surface area is 232 Å². The SMILES string of the molecule is C#Cc1ccc(C(C(=O)NC(C)C)N(CCCC)C(=O)C(Cc2ccc(O)cc2)NC(=O)OC(C)(C)C)cc1. The molecule has 8 nitrogen and oxygen atoms in total. The van der Waals surface area contributed by atoms with Crippen LogP contribution >= 0.6 is 0 Å². The van der Waals surface area contributed by atoms with E-state index in [1.54, 1.807) is 57.2 Å². The maximum atomic E-state index is 14.2. The molecule has 0 heterocycles. The number of benzene rings is 2. The number of ether oxygens (including phenoxy) is 1. The quantitative estimate of drug-likeness (QED) is 0.362. The number of carbonyl (C=O) groups is 3. The second-order valence-electron chi connectivity index (χ2n) is 10.8. The lowest BCUT2D eigenvalue weighted by molar-refractivity contribution is -0.142. The number of nitrogens with one attached hydrogen (secondary N) is 2. The first kappa shape index (κ1) is 31.2. The summed E-state index contributed by atoms with van der Waals surface area (Å²) in [6.45, 7) is 11.2. The summed E-state index contributed by atoms with van der Waals surface area (Å²) in [6, 6.07) is 11.3. The molecule has 0 spiro atoms. The van der Waals surface area contributed by atoms with E-state index in [-0.39, 0.29) is 24.1 Å². The van der Waals surface area contributed by atoms with Crippen LogP contribution in [0.3, 0.4) is 0 Å². The van der Waals surface area contributed by atoms with Crippen LogP contribution in [0.1, 0.15) is 77.1 Å². The first-order chi connectivity index (χ1) is 18.3. The van der Waals surface area contributed by atoms with E-state index in [9.17, 15) is 19.5 Å². The van der Waals surface area contributed by atoms with Crippen LogP contribution in [0.15, 0.2) is 48.5 Å². The molecular formula is C31H41N3O5. The number of rotatable bonds is 11. The fourth-order valence-electron chi connectivity index (χ4n) is 4.01. The van der Waals surface area contributed by atoms with Crippen molar-refractivity contribution >= 4 is 17.9 Å². The van der Waals surface area contributed by atoms with Gasteiger partial charge in [-0.25, -0.2) is 4.79 Å². The lowest BCUT2D eigenvalue weighted by atomic mass is 9.99. The van der Waals surface area contributed by atoms with E-state index in [1.165, 1.54) is 17.0 Å². The summed E-state index contributed by atoms with van der Waals surface area (Å²) >= 11 is 0. The van der Waals surface area contributed by atoms with E-state index in [0.29, 0.717) is 24.1 Å². The Morgan fingerprint density at radius 1 is 1.03 bits per heavy atom. The summed E-state index contributed by atoms with van der Waals surface area (Å²) < 4.78 is 5.45. The van der Waals surface area contributed by atoms with Crippen molar-refractivity contribution in [1.82, 2.24) is 15.5 Å². The molecule has 0 saturated heterocycles. The van der Waals surface area contributed by atoms with Crippen molar-refractivity contribution in [3.8, 4) is 18.1 Å². The van der Waals surface area contributed by atoms with E-state index in [1.807, 2.05) is 20.8 Å². The third kappa shape index (κ3) is 10.0. The van der Waals surface area contributed by atoms with Gasteiger partial charge in [0, 0.05) is 24.6 Å². The third-order valence-electron chi connectivity index (χ3n) is 5.78. The molecule has 3 amide bonds. The van der Waals surface area contributed by atoms with Crippen molar-refractivity contribution in [2.75, 3.05) is 6.54 Å². The number of phenols is 1. The van der Waals surface area contributed by atoms with Crippen molar-refractivity contribution in [3.05, 3.63) is 65.2 Å². The molecule has 0 aliphatic carbocycles. The van der Waals surface area contributed by atoms with Crippen molar-refractivity contribution in [3.63, 3.8) is 0 Å². The highest BCUT2D eigenvalue weighted by Gasteiger charge is 2.36. The third-order valence-corrected chi connectivity index (χ3v) is 5.78. The normalized spacial score (nSPS) is 12.7. The zero-order valence-corrected chi connectivity index (χ0v) is 23.8. The second kappa shape index (κ2) is 14.2. The molecule has 0 bridgehead atoms. The zero-order chi connectivity index (χ0) is 29.2. The largest absolute Gasteiger partial charge is 0.508 e. The van der Waals surface area contributed by atoms with Crippen molar-refractivity contribution in [2.45, 2.75) is 84.5 Å². The smallest absolute Gasteiger partial charge is 0.408 e. The highest BCUT2D eigenvalue weighted by Crippen LogP contribution is 2.25. The summed E-state index contributed by atoms with van der Waals surface area (Å²) in [5.41, 5.74) is 1.22. The Morgan fingerprint density at radius 3 is 2.15 bits per heavy atom. The molecule has 210 valence electrons. The van der Waals surface area contributed by atoms with Gasteiger partial charge in [0.1, 0.15) is 23.4 Å². The van der Waals surface area contributed by atoms with Crippen LogP contribution in [0.2, 0.25) is 0 Å². The fourth-order valence-corrected chi connectivity index (χ4v) is 4.01. The number of hydrogen-bond acceptors (Lipinski definition) is 5. The lowest BCUT2D eigenvalue weighted by Gasteiger charge is -2.35. The van der Waals surface area contributed by atoms with E-state index in [2.05, 4.69) is 16.6 Å². The van der Waals surface area contributed by atoms with Crippen LogP contribution in [-0.2, 0) is 20.7 Å². The molecule has 3 N–H and O–H groups in total. The predicted octanol–water partition coefficient (Wildman–Crippen LogP) is 4.70. The molecule has 0 radical (unpaired) electrons. The van der Waals surface area contributed by atoms with Crippen LogP contribution in [-0.4, -0.2) is 52.1 Å². The number of alkyl carbamates (subject to hydrolysis) is 1. The minimum atomic E-state index is -1.03. The molecule has 0 fully saturated rings. The lowest BCUT2D eigenvalue weighted by Crippen LogP contribution is -2.54. The van der Waals surface area contributed by atoms with Crippen LogP contribution in [0.5, 0.6) is 5.75 Å². The van der Waals surface area contributed by atoms with Gasteiger partial charge in [-0.3, -0.25) is 9.59 Å². The summed E-state index contributed by atoms with van der Waals surface area (Å²) in [5.74, 6) is 1.91. The Balaban J connectivity index is 2.55. The number of nitrogens with zero attached hydrogens (tertiary/aromatic N) is 1. The molecule has 0 saturated carbocycles. The summed E-state index contributed by atoms with van der Waals surface area (Å²) in [6.07, 6.45) is 6.36. The van der Waals surface area contributed by atoms with E-state index < -0.39 is 29.7 Å². The van der Waals surface area contributed by atoms with Crippen molar-refractivity contribution < 1.29 is 24.2 Å². The number of terminal acetylenes is 1. The van der Waals surface area contributed by atoms with Crippen molar-refractivity contribution in [2.24, 2.45) is 0 Å². The fraction of sp³-hybridized carbons (Fsp3) is 0.452. The molecule has 39 heavy (non-hydrogen) atoms. The molecule has 0 aliphatic rings. The number of phenolic OH excluding ortho intramolecular Hbond substituents is 1. The average molecular weight is 536 g/mol. The van der Waals surface area contributed by atoms with Gasteiger partial charge < -0.3 is 25.4 Å². The van der Waals surface area contributed by atoms with Crippen LogP contribution in [0.25, 0.3) is 0 Å². The topological polar surface area (TPSA) is 108 Å². The van der Waals surface area contributed by atoms with Gasteiger partial charge in [-0.2, -0.15) is 0 Å².